The van der Waals surface area contributed by atoms with Crippen LogP contribution in [0.2, 0.25) is 0 Å². The van der Waals surface area contributed by atoms with Crippen LogP contribution < -0.4 is 0 Å². The monoisotopic (exact) mass is 233 g/mol. The van der Waals surface area contributed by atoms with Gasteiger partial charge in [-0.1, -0.05) is 0 Å². The highest BCUT2D eigenvalue weighted by Crippen LogP contribution is 2.12. The van der Waals surface area contributed by atoms with Crippen LogP contribution in [0.15, 0.2) is 10.5 Å². The van der Waals surface area contributed by atoms with Gasteiger partial charge in [0.15, 0.2) is 5.54 Å². The molecule has 0 rings (SSSR count). The van der Waals surface area contributed by atoms with Crippen molar-refractivity contribution in [1.82, 2.24) is 5.01 Å². The highest BCUT2D eigenvalue weighted by molar-refractivity contribution is 5.77. The standard InChI is InChI=1S/C8H15N3O5/c1-6(12)15-5-16-10-9-11(4)8(2,3)7(13)14/h5H2,1-4H3,(H,13,14)/b10-9-. The SMILES string of the molecule is CC(=O)OCO/N=N\N(C)C(C)(C)C(=O)O. The van der Waals surface area contributed by atoms with Gasteiger partial charge in [0.2, 0.25) is 0 Å². The van der Waals surface area contributed by atoms with E-state index in [0.29, 0.717) is 0 Å². The number of ether oxygens (including phenoxy) is 1. The number of aliphatic carboxylic acids is 1. The Labute approximate surface area is 92.8 Å². The maximum absolute atomic E-state index is 10.8. The molecule has 0 atom stereocenters. The molecule has 16 heavy (non-hydrogen) atoms. The number of likely N-dealkylation sites (N-methyl/N-ethyl adjacent to an activating group) is 1. The van der Waals surface area contributed by atoms with Crippen LogP contribution in [0.3, 0.4) is 0 Å². The van der Waals surface area contributed by atoms with E-state index in [9.17, 15) is 9.59 Å². The summed E-state index contributed by atoms with van der Waals surface area (Å²) in [5.74, 6) is -1.55. The first kappa shape index (κ1) is 14.1. The Balaban J connectivity index is 4.04. The molecule has 0 unspecified atom stereocenters. The zero-order chi connectivity index (χ0) is 12.8. The number of carboxylic acid groups (broad SMARTS) is 1. The van der Waals surface area contributed by atoms with Crippen molar-refractivity contribution in [3.63, 3.8) is 0 Å². The van der Waals surface area contributed by atoms with E-state index in [-0.39, 0.29) is 6.79 Å². The molecule has 0 aliphatic carbocycles. The molecule has 8 nitrogen and oxygen atoms in total. The molecule has 0 amide bonds. The third kappa shape index (κ3) is 4.58. The zero-order valence-corrected chi connectivity index (χ0v) is 9.63. The van der Waals surface area contributed by atoms with Crippen molar-refractivity contribution < 1.29 is 24.3 Å². The lowest BCUT2D eigenvalue weighted by Crippen LogP contribution is -2.44. The van der Waals surface area contributed by atoms with Gasteiger partial charge in [-0.05, 0) is 19.1 Å². The smallest absolute Gasteiger partial charge is 0.330 e. The Morgan fingerprint density at radius 2 is 2.00 bits per heavy atom. The van der Waals surface area contributed by atoms with E-state index in [4.69, 9.17) is 5.11 Å². The molecular formula is C8H15N3O5. The van der Waals surface area contributed by atoms with E-state index >= 15 is 0 Å². The third-order valence-corrected chi connectivity index (χ3v) is 1.88. The first-order valence-corrected chi connectivity index (χ1v) is 4.42. The molecule has 0 bridgehead atoms. The van der Waals surface area contributed by atoms with Gasteiger partial charge in [-0.25, -0.2) is 4.79 Å². The Morgan fingerprint density at radius 3 is 2.44 bits per heavy atom. The van der Waals surface area contributed by atoms with E-state index in [1.807, 2.05) is 0 Å². The number of carboxylic acids is 1. The van der Waals surface area contributed by atoms with Crippen LogP contribution in [0.4, 0.5) is 0 Å². The van der Waals surface area contributed by atoms with Crippen LogP contribution in [0, 0.1) is 0 Å². The Bertz CT molecular complexity index is 289. The van der Waals surface area contributed by atoms with Gasteiger partial charge >= 0.3 is 11.9 Å². The molecule has 0 saturated carbocycles. The van der Waals surface area contributed by atoms with Crippen LogP contribution in [0.25, 0.3) is 0 Å². The fourth-order valence-electron chi connectivity index (χ4n) is 0.464. The number of esters is 1. The second-order valence-corrected chi connectivity index (χ2v) is 3.44. The van der Waals surface area contributed by atoms with Gasteiger partial charge in [-0.2, -0.15) is 0 Å². The molecule has 0 aromatic heterocycles. The van der Waals surface area contributed by atoms with Gasteiger partial charge in [0, 0.05) is 19.2 Å². The molecule has 0 spiro atoms. The second kappa shape index (κ2) is 5.89. The molecule has 0 aromatic rings. The summed E-state index contributed by atoms with van der Waals surface area (Å²) in [6, 6.07) is 0. The summed E-state index contributed by atoms with van der Waals surface area (Å²) in [7, 11) is 1.44. The van der Waals surface area contributed by atoms with E-state index in [0.717, 1.165) is 5.01 Å². The number of rotatable bonds is 6. The quantitative estimate of drug-likeness (QED) is 0.237. The van der Waals surface area contributed by atoms with Gasteiger partial charge in [-0.15, -0.1) is 0 Å². The Kier molecular flexibility index (Phi) is 5.20. The molecule has 0 aliphatic heterocycles. The summed E-state index contributed by atoms with van der Waals surface area (Å²) >= 11 is 0. The normalized spacial score (nSPS) is 11.2. The highest BCUT2D eigenvalue weighted by atomic mass is 16.8. The molecule has 0 aliphatic rings. The number of nitrogens with zero attached hydrogens (tertiary/aromatic N) is 3. The van der Waals surface area contributed by atoms with Crippen molar-refractivity contribution in [2.75, 3.05) is 13.8 Å². The van der Waals surface area contributed by atoms with Crippen molar-refractivity contribution in [2.24, 2.45) is 10.5 Å². The lowest BCUT2D eigenvalue weighted by atomic mass is 10.1. The molecule has 0 fully saturated rings. The van der Waals surface area contributed by atoms with Gasteiger partial charge < -0.3 is 14.7 Å². The predicted molar refractivity (Wildman–Crippen MR) is 52.1 cm³/mol. The Hall–Kier alpha value is -1.86. The number of carbonyl (C=O) groups is 2. The minimum atomic E-state index is -1.20. The Morgan fingerprint density at radius 1 is 1.44 bits per heavy atom. The molecule has 92 valence electrons. The highest BCUT2D eigenvalue weighted by Gasteiger charge is 2.32. The van der Waals surface area contributed by atoms with E-state index in [2.05, 4.69) is 20.1 Å². The van der Waals surface area contributed by atoms with Gasteiger partial charge in [-0.3, -0.25) is 9.80 Å². The fraction of sp³-hybridized carbons (Fsp3) is 0.750. The average molecular weight is 233 g/mol. The molecule has 1 N–H and O–H groups in total. The average Bonchev–Trinajstić information content (AvgIpc) is 2.16. The first-order chi connectivity index (χ1) is 7.28. The van der Waals surface area contributed by atoms with Gasteiger partial charge in [0.05, 0.1) is 0 Å². The summed E-state index contributed by atoms with van der Waals surface area (Å²) in [6.45, 7) is 3.78. The number of carbonyl (C=O) groups excluding carboxylic acids is 1. The van der Waals surface area contributed by atoms with Crippen LogP contribution in [0.5, 0.6) is 0 Å². The lowest BCUT2D eigenvalue weighted by Gasteiger charge is -2.26. The summed E-state index contributed by atoms with van der Waals surface area (Å²) in [5, 5.41) is 16.6. The van der Waals surface area contributed by atoms with Crippen molar-refractivity contribution in [3.8, 4) is 0 Å². The third-order valence-electron chi connectivity index (χ3n) is 1.88. The maximum atomic E-state index is 10.8. The topological polar surface area (TPSA) is 101 Å². The maximum Gasteiger partial charge on any atom is 0.330 e. The molecule has 0 saturated heterocycles. The molecular weight excluding hydrogens is 218 g/mol. The van der Waals surface area contributed by atoms with Crippen molar-refractivity contribution in [1.29, 1.82) is 0 Å². The van der Waals surface area contributed by atoms with E-state index in [1.54, 1.807) is 0 Å². The fourth-order valence-corrected chi connectivity index (χ4v) is 0.464. The first-order valence-electron chi connectivity index (χ1n) is 4.42. The van der Waals surface area contributed by atoms with Crippen molar-refractivity contribution >= 4 is 11.9 Å². The summed E-state index contributed by atoms with van der Waals surface area (Å²) in [4.78, 5) is 25.6. The molecule has 0 heterocycles. The van der Waals surface area contributed by atoms with Crippen molar-refractivity contribution in [3.05, 3.63) is 0 Å². The van der Waals surface area contributed by atoms with Crippen molar-refractivity contribution in [2.45, 2.75) is 26.3 Å². The van der Waals surface area contributed by atoms with Gasteiger partial charge in [0.25, 0.3) is 6.79 Å². The summed E-state index contributed by atoms with van der Waals surface area (Å²) < 4.78 is 4.41. The summed E-state index contributed by atoms with van der Waals surface area (Å²) in [5.41, 5.74) is -1.20. The lowest BCUT2D eigenvalue weighted by molar-refractivity contribution is -0.155. The number of hydrogen-bond donors (Lipinski definition) is 1. The summed E-state index contributed by atoms with van der Waals surface area (Å²) in [6.07, 6.45) is 0. The molecule has 0 radical (unpaired) electrons. The molecule has 8 heteroatoms. The van der Waals surface area contributed by atoms with E-state index < -0.39 is 17.5 Å². The van der Waals surface area contributed by atoms with Crippen LogP contribution in [0.1, 0.15) is 20.8 Å². The van der Waals surface area contributed by atoms with Gasteiger partial charge in [0.1, 0.15) is 0 Å². The van der Waals surface area contributed by atoms with Crippen LogP contribution in [-0.4, -0.2) is 41.4 Å². The minimum Gasteiger partial charge on any atom is -0.479 e. The zero-order valence-electron chi connectivity index (χ0n) is 9.63. The van der Waals surface area contributed by atoms with Crippen LogP contribution >= 0.6 is 0 Å². The molecule has 0 aromatic carbocycles. The van der Waals surface area contributed by atoms with Crippen LogP contribution in [-0.2, 0) is 19.2 Å². The second-order valence-electron chi connectivity index (χ2n) is 3.44. The number of hydrogen-bond acceptors (Lipinski definition) is 6. The van der Waals surface area contributed by atoms with E-state index in [1.165, 1.54) is 27.8 Å². The minimum absolute atomic E-state index is 0.361. The largest absolute Gasteiger partial charge is 0.479 e. The predicted octanol–water partition coefficient (Wildman–Crippen LogP) is 0.601.